The first-order valence-corrected chi connectivity index (χ1v) is 10.5. The molecule has 0 saturated heterocycles. The van der Waals surface area contributed by atoms with E-state index in [0.717, 1.165) is 16.0 Å². The lowest BCUT2D eigenvalue weighted by atomic mass is 10.1. The maximum absolute atomic E-state index is 12.9. The summed E-state index contributed by atoms with van der Waals surface area (Å²) in [6, 6.07) is 8.30. The highest BCUT2D eigenvalue weighted by atomic mass is 32.2. The molecule has 0 spiro atoms. The fraction of sp³-hybridized carbons (Fsp3) is 0.294. The van der Waals surface area contributed by atoms with Gasteiger partial charge in [0.05, 0.1) is 9.77 Å². The van der Waals surface area contributed by atoms with Crippen LogP contribution in [0.25, 0.3) is 10.7 Å². The van der Waals surface area contributed by atoms with Gasteiger partial charge in [-0.1, -0.05) is 22.9 Å². The lowest BCUT2D eigenvalue weighted by molar-refractivity contribution is -0.159. The van der Waals surface area contributed by atoms with Crippen LogP contribution in [0.4, 0.5) is 13.2 Å². The molecule has 0 unspecified atom stereocenters. The largest absolute Gasteiger partial charge is 0.471 e. The highest BCUT2D eigenvalue weighted by Crippen LogP contribution is 2.36. The summed E-state index contributed by atoms with van der Waals surface area (Å²) in [6.45, 7) is 2.32. The Kier molecular flexibility index (Phi) is 4.55. The van der Waals surface area contributed by atoms with E-state index in [0.29, 0.717) is 17.8 Å². The molecule has 4 rings (SSSR count). The quantitative estimate of drug-likeness (QED) is 0.632. The zero-order chi connectivity index (χ0) is 20.1. The van der Waals surface area contributed by atoms with Gasteiger partial charge in [-0.15, -0.1) is 11.3 Å². The van der Waals surface area contributed by atoms with Crippen LogP contribution < -0.4 is 0 Å². The standard InChI is InChI=1S/C17H14F3N3O3S2/c1-10-2-4-12(5-3-10)28(24,25)23-7-6-11-8-13(27-14(11)9-23)15-21-16(26-22-15)17(18,19)20/h2-5,8H,6-7,9H2,1H3. The second-order valence-corrected chi connectivity index (χ2v) is 9.46. The van der Waals surface area contributed by atoms with Crippen molar-refractivity contribution in [3.63, 3.8) is 0 Å². The second kappa shape index (κ2) is 6.68. The Hall–Kier alpha value is -2.24. The summed E-state index contributed by atoms with van der Waals surface area (Å²) in [6.07, 6.45) is -4.25. The van der Waals surface area contributed by atoms with Crippen molar-refractivity contribution in [2.24, 2.45) is 0 Å². The van der Waals surface area contributed by atoms with Gasteiger partial charge in [-0.25, -0.2) is 8.42 Å². The van der Waals surface area contributed by atoms with Crippen molar-refractivity contribution in [1.82, 2.24) is 14.4 Å². The van der Waals surface area contributed by atoms with Gasteiger partial charge in [0, 0.05) is 18.0 Å². The Morgan fingerprint density at radius 3 is 2.57 bits per heavy atom. The van der Waals surface area contributed by atoms with Gasteiger partial charge in [0.15, 0.2) is 0 Å². The minimum Gasteiger partial charge on any atom is -0.329 e. The molecule has 0 bridgehead atoms. The van der Waals surface area contributed by atoms with E-state index >= 15 is 0 Å². The molecule has 0 radical (unpaired) electrons. The number of aromatic nitrogens is 2. The van der Waals surface area contributed by atoms with Crippen LogP contribution in [-0.4, -0.2) is 29.4 Å². The molecule has 2 aromatic heterocycles. The molecule has 0 fully saturated rings. The summed E-state index contributed by atoms with van der Waals surface area (Å²) in [5.74, 6) is -1.56. The van der Waals surface area contributed by atoms with Gasteiger partial charge in [-0.3, -0.25) is 0 Å². The Balaban J connectivity index is 1.60. The summed E-state index contributed by atoms with van der Waals surface area (Å²) in [5.41, 5.74) is 1.84. The van der Waals surface area contributed by atoms with Gasteiger partial charge >= 0.3 is 12.1 Å². The van der Waals surface area contributed by atoms with Crippen molar-refractivity contribution in [2.45, 2.75) is 31.0 Å². The second-order valence-electron chi connectivity index (χ2n) is 6.38. The minimum atomic E-state index is -4.71. The predicted octanol–water partition coefficient (Wildman–Crippen LogP) is 3.87. The Labute approximate surface area is 162 Å². The van der Waals surface area contributed by atoms with E-state index in [1.54, 1.807) is 30.3 Å². The molecule has 3 aromatic rings. The third-order valence-electron chi connectivity index (χ3n) is 4.39. The summed E-state index contributed by atoms with van der Waals surface area (Å²) in [5, 5.41) is 3.39. The number of nitrogens with zero attached hydrogens (tertiary/aromatic N) is 3. The smallest absolute Gasteiger partial charge is 0.329 e. The number of hydrogen-bond acceptors (Lipinski definition) is 6. The Morgan fingerprint density at radius 1 is 1.21 bits per heavy atom. The third-order valence-corrected chi connectivity index (χ3v) is 7.41. The molecule has 0 amide bonds. The third kappa shape index (κ3) is 3.45. The van der Waals surface area contributed by atoms with E-state index in [-0.39, 0.29) is 17.3 Å². The van der Waals surface area contributed by atoms with Gasteiger partial charge in [0.25, 0.3) is 0 Å². The topological polar surface area (TPSA) is 76.3 Å². The van der Waals surface area contributed by atoms with Crippen LogP contribution in [0.2, 0.25) is 0 Å². The molecule has 0 N–H and O–H groups in total. The Morgan fingerprint density at radius 2 is 1.93 bits per heavy atom. The first-order valence-electron chi connectivity index (χ1n) is 8.24. The molecule has 1 aliphatic heterocycles. The van der Waals surface area contributed by atoms with Crippen molar-refractivity contribution in [3.8, 4) is 10.7 Å². The summed E-state index contributed by atoms with van der Waals surface area (Å²) < 4.78 is 69.3. The number of alkyl halides is 3. The number of sulfonamides is 1. The molecule has 1 aliphatic rings. The highest BCUT2D eigenvalue weighted by Gasteiger charge is 2.39. The molecule has 0 atom stereocenters. The maximum Gasteiger partial charge on any atom is 0.471 e. The number of fused-ring (bicyclic) bond motifs is 1. The normalized spacial score (nSPS) is 15.6. The first-order chi connectivity index (χ1) is 13.1. The zero-order valence-electron chi connectivity index (χ0n) is 14.5. The van der Waals surface area contributed by atoms with Crippen molar-refractivity contribution in [2.75, 3.05) is 6.54 Å². The van der Waals surface area contributed by atoms with E-state index in [1.165, 1.54) is 15.6 Å². The van der Waals surface area contributed by atoms with Crippen LogP contribution in [0, 0.1) is 6.92 Å². The van der Waals surface area contributed by atoms with Crippen molar-refractivity contribution < 1.29 is 26.1 Å². The van der Waals surface area contributed by atoms with Gasteiger partial charge in [-0.05, 0) is 37.1 Å². The molecule has 28 heavy (non-hydrogen) atoms. The lowest BCUT2D eigenvalue weighted by Gasteiger charge is -2.26. The average Bonchev–Trinajstić information content (AvgIpc) is 3.28. The lowest BCUT2D eigenvalue weighted by Crippen LogP contribution is -2.35. The number of halogens is 3. The molecule has 148 valence electrons. The predicted molar refractivity (Wildman–Crippen MR) is 95.1 cm³/mol. The van der Waals surface area contributed by atoms with E-state index in [1.807, 2.05) is 6.92 Å². The van der Waals surface area contributed by atoms with Gasteiger partial charge in [0.1, 0.15) is 0 Å². The number of benzene rings is 1. The van der Waals surface area contributed by atoms with Gasteiger partial charge in [-0.2, -0.15) is 22.5 Å². The van der Waals surface area contributed by atoms with Crippen LogP contribution in [-0.2, 0) is 29.2 Å². The molecule has 6 nitrogen and oxygen atoms in total. The number of rotatable bonds is 3. The van der Waals surface area contributed by atoms with Crippen LogP contribution >= 0.6 is 11.3 Å². The SMILES string of the molecule is Cc1ccc(S(=O)(=O)N2CCc3cc(-c4noc(C(F)(F)F)n4)sc3C2)cc1. The van der Waals surface area contributed by atoms with E-state index in [4.69, 9.17) is 0 Å². The van der Waals surface area contributed by atoms with Crippen LogP contribution in [0.1, 0.15) is 21.9 Å². The van der Waals surface area contributed by atoms with Gasteiger partial charge < -0.3 is 4.52 Å². The first kappa shape index (κ1) is 19.1. The van der Waals surface area contributed by atoms with Crippen LogP contribution in [0.5, 0.6) is 0 Å². The van der Waals surface area contributed by atoms with Crippen LogP contribution in [0.15, 0.2) is 39.8 Å². The van der Waals surface area contributed by atoms with E-state index in [2.05, 4.69) is 14.7 Å². The fourth-order valence-electron chi connectivity index (χ4n) is 2.91. The summed E-state index contributed by atoms with van der Waals surface area (Å²) in [7, 11) is -3.65. The molecular weight excluding hydrogens is 415 g/mol. The van der Waals surface area contributed by atoms with Crippen molar-refractivity contribution in [3.05, 3.63) is 52.2 Å². The summed E-state index contributed by atoms with van der Waals surface area (Å²) in [4.78, 5) is 4.78. The summed E-state index contributed by atoms with van der Waals surface area (Å²) >= 11 is 1.17. The molecule has 11 heteroatoms. The van der Waals surface area contributed by atoms with Crippen LogP contribution in [0.3, 0.4) is 0 Å². The zero-order valence-corrected chi connectivity index (χ0v) is 16.2. The fourth-order valence-corrected chi connectivity index (χ4v) is 5.55. The van der Waals surface area contributed by atoms with E-state index in [9.17, 15) is 21.6 Å². The maximum atomic E-state index is 12.9. The molecular formula is C17H14F3N3O3S2. The average molecular weight is 429 g/mol. The van der Waals surface area contributed by atoms with Crippen molar-refractivity contribution >= 4 is 21.4 Å². The molecule has 3 heterocycles. The minimum absolute atomic E-state index is 0.153. The monoisotopic (exact) mass is 429 g/mol. The molecule has 1 aromatic carbocycles. The Bertz CT molecular complexity index is 1120. The number of thiophene rings is 1. The molecule has 0 saturated carbocycles. The number of aryl methyl sites for hydroxylation is 1. The number of hydrogen-bond donors (Lipinski definition) is 0. The van der Waals surface area contributed by atoms with Crippen molar-refractivity contribution in [1.29, 1.82) is 0 Å². The van der Waals surface area contributed by atoms with Gasteiger partial charge in [0.2, 0.25) is 15.8 Å². The van der Waals surface area contributed by atoms with E-state index < -0.39 is 22.1 Å². The molecule has 0 aliphatic carbocycles. The highest BCUT2D eigenvalue weighted by molar-refractivity contribution is 7.89.